The molecule has 0 aliphatic rings. The highest BCUT2D eigenvalue weighted by Crippen LogP contribution is 2.05. The lowest BCUT2D eigenvalue weighted by atomic mass is 10.1. The van der Waals surface area contributed by atoms with Gasteiger partial charge in [-0.15, -0.1) is 0 Å². The normalized spacial score (nSPS) is 10.6. The van der Waals surface area contributed by atoms with Crippen molar-refractivity contribution < 1.29 is 17.9 Å². The smallest absolute Gasteiger partial charge is 0.337 e. The van der Waals surface area contributed by atoms with Crippen LogP contribution in [0.3, 0.4) is 0 Å². The van der Waals surface area contributed by atoms with E-state index in [1.165, 1.54) is 7.11 Å². The summed E-state index contributed by atoms with van der Waals surface area (Å²) in [6, 6.07) is 6.88. The van der Waals surface area contributed by atoms with Gasteiger partial charge in [0.1, 0.15) is 0 Å². The Labute approximate surface area is 125 Å². The molecule has 0 atom stereocenters. The van der Waals surface area contributed by atoms with Crippen LogP contribution in [0.5, 0.6) is 0 Å². The van der Waals surface area contributed by atoms with E-state index >= 15 is 0 Å². The second-order valence-electron chi connectivity index (χ2n) is 4.28. The van der Waals surface area contributed by atoms with Crippen LogP contribution in [0.2, 0.25) is 0 Å². The first-order valence-electron chi connectivity index (χ1n) is 6.63. The SMILES string of the molecule is CCS(=O)(=O)NCCCC#Cc1cccc(C(=O)OC)c1. The number of carbonyl (C=O) groups excluding carboxylic acids is 1. The van der Waals surface area contributed by atoms with Crippen LogP contribution in [0.1, 0.15) is 35.7 Å². The molecule has 5 nitrogen and oxygen atoms in total. The third kappa shape index (κ3) is 6.43. The van der Waals surface area contributed by atoms with E-state index in [1.807, 2.05) is 0 Å². The second kappa shape index (κ2) is 8.45. The Morgan fingerprint density at radius 2 is 2.14 bits per heavy atom. The van der Waals surface area contributed by atoms with E-state index < -0.39 is 16.0 Å². The number of unbranched alkanes of at least 4 members (excludes halogenated alkanes) is 1. The number of hydrogen-bond donors (Lipinski definition) is 1. The highest BCUT2D eigenvalue weighted by atomic mass is 32.2. The summed E-state index contributed by atoms with van der Waals surface area (Å²) < 4.78 is 29.5. The van der Waals surface area contributed by atoms with E-state index in [0.29, 0.717) is 24.9 Å². The van der Waals surface area contributed by atoms with Crippen LogP contribution in [0.4, 0.5) is 0 Å². The van der Waals surface area contributed by atoms with Crippen molar-refractivity contribution >= 4 is 16.0 Å². The number of sulfonamides is 1. The molecule has 0 saturated heterocycles. The number of methoxy groups -OCH3 is 1. The van der Waals surface area contributed by atoms with Crippen LogP contribution in [-0.2, 0) is 14.8 Å². The van der Waals surface area contributed by atoms with Gasteiger partial charge >= 0.3 is 5.97 Å². The summed E-state index contributed by atoms with van der Waals surface area (Å²) in [6.45, 7) is 1.98. The van der Waals surface area contributed by atoms with E-state index in [9.17, 15) is 13.2 Å². The zero-order chi connectivity index (χ0) is 15.7. The predicted octanol–water partition coefficient (Wildman–Crippen LogP) is 1.54. The van der Waals surface area contributed by atoms with Crippen molar-refractivity contribution in [1.29, 1.82) is 0 Å². The Kier molecular flexibility index (Phi) is 6.92. The minimum atomic E-state index is -3.13. The van der Waals surface area contributed by atoms with Crippen molar-refractivity contribution in [3.63, 3.8) is 0 Å². The maximum absolute atomic E-state index is 11.4. The molecule has 0 heterocycles. The molecule has 0 spiro atoms. The summed E-state index contributed by atoms with van der Waals surface area (Å²) in [7, 11) is -1.80. The van der Waals surface area contributed by atoms with E-state index in [-0.39, 0.29) is 5.75 Å². The topological polar surface area (TPSA) is 72.5 Å². The summed E-state index contributed by atoms with van der Waals surface area (Å²) in [6.07, 6.45) is 1.22. The van der Waals surface area contributed by atoms with Crippen LogP contribution in [-0.4, -0.2) is 33.8 Å². The van der Waals surface area contributed by atoms with Crippen LogP contribution in [0.25, 0.3) is 0 Å². The van der Waals surface area contributed by atoms with Crippen molar-refractivity contribution in [3.8, 4) is 11.8 Å². The highest BCUT2D eigenvalue weighted by Gasteiger charge is 2.04. The molecule has 0 aromatic heterocycles. The summed E-state index contributed by atoms with van der Waals surface area (Å²) in [4.78, 5) is 11.4. The van der Waals surface area contributed by atoms with Gasteiger partial charge in [0.15, 0.2) is 0 Å². The van der Waals surface area contributed by atoms with Gasteiger partial charge in [0, 0.05) is 18.5 Å². The number of hydrogen-bond acceptors (Lipinski definition) is 4. The molecule has 0 radical (unpaired) electrons. The van der Waals surface area contributed by atoms with Gasteiger partial charge in [-0.05, 0) is 31.5 Å². The minimum Gasteiger partial charge on any atom is -0.465 e. The molecule has 1 rings (SSSR count). The molecule has 114 valence electrons. The van der Waals surface area contributed by atoms with Crippen LogP contribution in [0.15, 0.2) is 24.3 Å². The average Bonchev–Trinajstić information content (AvgIpc) is 2.50. The lowest BCUT2D eigenvalue weighted by Crippen LogP contribution is -2.26. The Morgan fingerprint density at radius 1 is 1.38 bits per heavy atom. The van der Waals surface area contributed by atoms with Gasteiger partial charge in [-0.1, -0.05) is 17.9 Å². The Bertz CT molecular complexity index is 641. The van der Waals surface area contributed by atoms with E-state index in [4.69, 9.17) is 0 Å². The third-order valence-electron chi connectivity index (χ3n) is 2.70. The molecule has 6 heteroatoms. The van der Waals surface area contributed by atoms with Crippen molar-refractivity contribution in [2.75, 3.05) is 19.4 Å². The van der Waals surface area contributed by atoms with Gasteiger partial charge in [-0.2, -0.15) is 0 Å². The first-order chi connectivity index (χ1) is 9.98. The molecule has 21 heavy (non-hydrogen) atoms. The van der Waals surface area contributed by atoms with E-state index in [2.05, 4.69) is 21.3 Å². The van der Waals surface area contributed by atoms with Crippen molar-refractivity contribution in [2.45, 2.75) is 19.8 Å². The van der Waals surface area contributed by atoms with Crippen molar-refractivity contribution in [2.24, 2.45) is 0 Å². The number of ether oxygens (including phenoxy) is 1. The fourth-order valence-electron chi connectivity index (χ4n) is 1.51. The van der Waals surface area contributed by atoms with Crippen molar-refractivity contribution in [3.05, 3.63) is 35.4 Å². The lowest BCUT2D eigenvalue weighted by Gasteiger charge is -2.01. The van der Waals surface area contributed by atoms with Crippen LogP contribution < -0.4 is 4.72 Å². The monoisotopic (exact) mass is 309 g/mol. The number of esters is 1. The molecule has 0 aliphatic carbocycles. The first kappa shape index (κ1) is 17.2. The summed E-state index contributed by atoms with van der Waals surface area (Å²) >= 11 is 0. The summed E-state index contributed by atoms with van der Waals surface area (Å²) in [5.41, 5.74) is 1.19. The zero-order valence-electron chi connectivity index (χ0n) is 12.2. The molecule has 0 fully saturated rings. The quantitative estimate of drug-likeness (QED) is 0.491. The molecule has 0 aliphatic heterocycles. The number of nitrogens with one attached hydrogen (secondary N) is 1. The van der Waals surface area contributed by atoms with E-state index in [1.54, 1.807) is 31.2 Å². The number of carbonyl (C=O) groups is 1. The molecule has 0 saturated carbocycles. The predicted molar refractivity (Wildman–Crippen MR) is 81.4 cm³/mol. The molecule has 0 amide bonds. The molecule has 0 bridgehead atoms. The van der Waals surface area contributed by atoms with Crippen LogP contribution >= 0.6 is 0 Å². The van der Waals surface area contributed by atoms with Gasteiger partial charge in [0.05, 0.1) is 18.4 Å². The van der Waals surface area contributed by atoms with Gasteiger partial charge in [0.25, 0.3) is 0 Å². The zero-order valence-corrected chi connectivity index (χ0v) is 13.0. The molecular formula is C15H19NO4S. The fraction of sp³-hybridized carbons (Fsp3) is 0.400. The average molecular weight is 309 g/mol. The molecule has 1 N–H and O–H groups in total. The molecule has 1 aromatic rings. The largest absolute Gasteiger partial charge is 0.465 e. The molecular weight excluding hydrogens is 290 g/mol. The van der Waals surface area contributed by atoms with Crippen LogP contribution in [0, 0.1) is 11.8 Å². The standard InChI is InChI=1S/C15H19NO4S/c1-3-21(18,19)16-11-6-4-5-8-13-9-7-10-14(12-13)15(17)20-2/h7,9-10,12,16H,3-4,6,11H2,1-2H3. The maximum atomic E-state index is 11.4. The van der Waals surface area contributed by atoms with Gasteiger partial charge in [-0.25, -0.2) is 17.9 Å². The van der Waals surface area contributed by atoms with Gasteiger partial charge in [0.2, 0.25) is 10.0 Å². The number of benzene rings is 1. The van der Waals surface area contributed by atoms with Gasteiger partial charge in [-0.3, -0.25) is 0 Å². The second-order valence-corrected chi connectivity index (χ2v) is 6.37. The lowest BCUT2D eigenvalue weighted by molar-refractivity contribution is 0.0600. The Morgan fingerprint density at radius 3 is 2.81 bits per heavy atom. The fourth-order valence-corrected chi connectivity index (χ4v) is 2.17. The summed E-state index contributed by atoms with van der Waals surface area (Å²) in [5.74, 6) is 5.58. The minimum absolute atomic E-state index is 0.0823. The van der Waals surface area contributed by atoms with E-state index in [0.717, 1.165) is 5.56 Å². The Hall–Kier alpha value is -1.84. The first-order valence-corrected chi connectivity index (χ1v) is 8.28. The Balaban J connectivity index is 2.47. The third-order valence-corrected chi connectivity index (χ3v) is 4.10. The highest BCUT2D eigenvalue weighted by molar-refractivity contribution is 7.89. The molecule has 1 aromatic carbocycles. The van der Waals surface area contributed by atoms with Gasteiger partial charge < -0.3 is 4.74 Å². The summed E-state index contributed by atoms with van der Waals surface area (Å²) in [5, 5.41) is 0. The van der Waals surface area contributed by atoms with Crippen molar-refractivity contribution in [1.82, 2.24) is 4.72 Å². The number of rotatable bonds is 6. The molecule has 0 unspecified atom stereocenters. The maximum Gasteiger partial charge on any atom is 0.337 e.